The van der Waals surface area contributed by atoms with Crippen LogP contribution in [-0.2, 0) is 4.79 Å². The van der Waals surface area contributed by atoms with Gasteiger partial charge in [0.2, 0.25) is 11.8 Å². The Labute approximate surface area is 199 Å². The number of anilines is 1. The number of hydrogen-bond acceptors (Lipinski definition) is 6. The molecule has 34 heavy (non-hydrogen) atoms. The molecule has 1 atom stereocenters. The van der Waals surface area contributed by atoms with Crippen molar-refractivity contribution < 1.29 is 22.7 Å². The number of aromatic nitrogens is 2. The zero-order valence-electron chi connectivity index (χ0n) is 18.4. The van der Waals surface area contributed by atoms with Crippen molar-refractivity contribution in [3.8, 4) is 17.2 Å². The number of carbonyl (C=O) groups excluding carboxylic acids is 1. The van der Waals surface area contributed by atoms with Crippen LogP contribution in [0, 0.1) is 13.8 Å². The van der Waals surface area contributed by atoms with Gasteiger partial charge in [-0.2, -0.15) is 8.78 Å². The standard InChI is InChI=1S/C25H21F2N3O3S/c1-15-8-9-16(2)20(14-15)28-22(31)21(17-6-4-3-5-7-17)34-25-30-29-23(33-25)18-10-12-19(13-11-18)32-24(26)27/h3-14,21,24H,1-2H3,(H,28,31). The van der Waals surface area contributed by atoms with E-state index in [1.54, 1.807) is 12.1 Å². The van der Waals surface area contributed by atoms with Crippen LogP contribution >= 0.6 is 11.8 Å². The number of thioether (sulfide) groups is 1. The molecule has 0 saturated heterocycles. The highest BCUT2D eigenvalue weighted by molar-refractivity contribution is 8.00. The first-order valence-corrected chi connectivity index (χ1v) is 11.3. The van der Waals surface area contributed by atoms with Crippen molar-refractivity contribution >= 4 is 23.4 Å². The first-order chi connectivity index (χ1) is 16.4. The lowest BCUT2D eigenvalue weighted by molar-refractivity contribution is -0.115. The summed E-state index contributed by atoms with van der Waals surface area (Å²) in [4.78, 5) is 13.3. The second kappa shape index (κ2) is 10.5. The molecule has 9 heteroatoms. The average molecular weight is 482 g/mol. The fourth-order valence-electron chi connectivity index (χ4n) is 3.22. The summed E-state index contributed by atoms with van der Waals surface area (Å²) >= 11 is 1.13. The lowest BCUT2D eigenvalue weighted by atomic mass is 10.1. The van der Waals surface area contributed by atoms with Crippen LogP contribution in [0.5, 0.6) is 5.75 Å². The Bertz CT molecular complexity index is 1260. The number of ether oxygens (including phenoxy) is 1. The minimum absolute atomic E-state index is 0.0279. The normalized spacial score (nSPS) is 11.9. The molecule has 0 aliphatic rings. The highest BCUT2D eigenvalue weighted by atomic mass is 32.2. The fraction of sp³-hybridized carbons (Fsp3) is 0.160. The molecule has 0 aliphatic carbocycles. The molecule has 0 spiro atoms. The van der Waals surface area contributed by atoms with Gasteiger partial charge in [0.1, 0.15) is 11.0 Å². The van der Waals surface area contributed by atoms with Crippen LogP contribution in [0.15, 0.2) is 82.4 Å². The molecule has 0 aliphatic heterocycles. The minimum atomic E-state index is -2.90. The van der Waals surface area contributed by atoms with E-state index in [4.69, 9.17) is 4.42 Å². The third kappa shape index (κ3) is 5.79. The van der Waals surface area contributed by atoms with E-state index in [0.29, 0.717) is 5.56 Å². The number of alkyl halides is 2. The number of halogens is 2. The van der Waals surface area contributed by atoms with Crippen molar-refractivity contribution in [3.05, 3.63) is 89.5 Å². The number of carbonyl (C=O) groups is 1. The summed E-state index contributed by atoms with van der Waals surface area (Å²) < 4.78 is 34.8. The van der Waals surface area contributed by atoms with Gasteiger partial charge < -0.3 is 14.5 Å². The number of hydrogen-bond donors (Lipinski definition) is 1. The predicted molar refractivity (Wildman–Crippen MR) is 126 cm³/mol. The van der Waals surface area contributed by atoms with Gasteiger partial charge in [0.05, 0.1) is 0 Å². The van der Waals surface area contributed by atoms with Crippen molar-refractivity contribution in [1.29, 1.82) is 0 Å². The molecule has 1 amide bonds. The van der Waals surface area contributed by atoms with Gasteiger partial charge in [0.25, 0.3) is 5.22 Å². The largest absolute Gasteiger partial charge is 0.435 e. The molecular weight excluding hydrogens is 460 g/mol. The number of amides is 1. The van der Waals surface area contributed by atoms with E-state index >= 15 is 0 Å². The van der Waals surface area contributed by atoms with Crippen LogP contribution in [0.2, 0.25) is 0 Å². The van der Waals surface area contributed by atoms with Gasteiger partial charge in [0, 0.05) is 11.3 Å². The summed E-state index contributed by atoms with van der Waals surface area (Å²) in [6.07, 6.45) is 0. The summed E-state index contributed by atoms with van der Waals surface area (Å²) in [5.74, 6) is 0.00566. The van der Waals surface area contributed by atoms with Crippen LogP contribution in [0.1, 0.15) is 21.9 Å². The summed E-state index contributed by atoms with van der Waals surface area (Å²) in [5.41, 5.74) is 4.05. The van der Waals surface area contributed by atoms with E-state index in [9.17, 15) is 13.6 Å². The fourth-order valence-corrected chi connectivity index (χ4v) is 4.10. The number of nitrogens with zero attached hydrogens (tertiary/aromatic N) is 2. The number of nitrogens with one attached hydrogen (secondary N) is 1. The minimum Gasteiger partial charge on any atom is -0.435 e. The predicted octanol–water partition coefficient (Wildman–Crippen LogP) is 6.43. The zero-order valence-corrected chi connectivity index (χ0v) is 19.2. The highest BCUT2D eigenvalue weighted by Gasteiger charge is 2.25. The molecule has 1 unspecified atom stereocenters. The SMILES string of the molecule is Cc1ccc(C)c(NC(=O)C(Sc2nnc(-c3ccc(OC(F)F)cc3)o2)c2ccccc2)c1. The maximum atomic E-state index is 13.3. The zero-order chi connectivity index (χ0) is 24.1. The van der Waals surface area contributed by atoms with E-state index in [1.807, 2.05) is 62.4 Å². The Hall–Kier alpha value is -3.72. The highest BCUT2D eigenvalue weighted by Crippen LogP contribution is 2.37. The Morgan fingerprint density at radius 2 is 1.74 bits per heavy atom. The van der Waals surface area contributed by atoms with E-state index in [0.717, 1.165) is 34.1 Å². The second-order valence-corrected chi connectivity index (χ2v) is 8.55. The van der Waals surface area contributed by atoms with Crippen molar-refractivity contribution in [2.24, 2.45) is 0 Å². The third-order valence-electron chi connectivity index (χ3n) is 4.94. The molecule has 0 bridgehead atoms. The van der Waals surface area contributed by atoms with Gasteiger partial charge in [-0.25, -0.2) is 0 Å². The Balaban J connectivity index is 1.55. The summed E-state index contributed by atoms with van der Waals surface area (Å²) in [6.45, 7) is 0.994. The molecule has 0 fully saturated rings. The van der Waals surface area contributed by atoms with Crippen LogP contribution in [0.3, 0.4) is 0 Å². The lowest BCUT2D eigenvalue weighted by Gasteiger charge is -2.16. The van der Waals surface area contributed by atoms with Gasteiger partial charge in [-0.1, -0.05) is 42.5 Å². The van der Waals surface area contributed by atoms with E-state index in [-0.39, 0.29) is 22.8 Å². The Morgan fingerprint density at radius 1 is 1.00 bits per heavy atom. The molecule has 1 aromatic heterocycles. The topological polar surface area (TPSA) is 77.2 Å². The van der Waals surface area contributed by atoms with E-state index in [1.165, 1.54) is 12.1 Å². The lowest BCUT2D eigenvalue weighted by Crippen LogP contribution is -2.19. The number of aryl methyl sites for hydroxylation is 2. The molecule has 174 valence electrons. The van der Waals surface area contributed by atoms with Gasteiger partial charge in [-0.3, -0.25) is 4.79 Å². The molecule has 3 aromatic carbocycles. The van der Waals surface area contributed by atoms with Crippen molar-refractivity contribution in [1.82, 2.24) is 10.2 Å². The summed E-state index contributed by atoms with van der Waals surface area (Å²) in [7, 11) is 0. The maximum Gasteiger partial charge on any atom is 0.387 e. The van der Waals surface area contributed by atoms with Crippen LogP contribution < -0.4 is 10.1 Å². The van der Waals surface area contributed by atoms with Gasteiger partial charge >= 0.3 is 6.61 Å². The second-order valence-electron chi connectivity index (χ2n) is 7.49. The quantitative estimate of drug-likeness (QED) is 0.292. The average Bonchev–Trinajstić information content (AvgIpc) is 3.29. The molecule has 0 saturated carbocycles. The van der Waals surface area contributed by atoms with Gasteiger partial charge in [-0.05, 0) is 72.6 Å². The van der Waals surface area contributed by atoms with Crippen molar-refractivity contribution in [3.63, 3.8) is 0 Å². The Morgan fingerprint density at radius 3 is 2.44 bits per heavy atom. The maximum absolute atomic E-state index is 13.3. The van der Waals surface area contributed by atoms with Crippen LogP contribution in [0.25, 0.3) is 11.5 Å². The molecule has 1 heterocycles. The molecular formula is C25H21F2N3O3S. The van der Waals surface area contributed by atoms with Gasteiger partial charge in [-0.15, -0.1) is 10.2 Å². The number of benzene rings is 3. The summed E-state index contributed by atoms with van der Waals surface area (Å²) in [5, 5.41) is 10.7. The Kier molecular flexibility index (Phi) is 7.22. The first-order valence-electron chi connectivity index (χ1n) is 10.4. The first kappa shape index (κ1) is 23.4. The van der Waals surface area contributed by atoms with Gasteiger partial charge in [0.15, 0.2) is 0 Å². The van der Waals surface area contributed by atoms with E-state index < -0.39 is 11.9 Å². The van der Waals surface area contributed by atoms with Crippen molar-refractivity contribution in [2.75, 3.05) is 5.32 Å². The smallest absolute Gasteiger partial charge is 0.387 e. The van der Waals surface area contributed by atoms with Crippen LogP contribution in [0.4, 0.5) is 14.5 Å². The summed E-state index contributed by atoms with van der Waals surface area (Å²) in [6, 6.07) is 21.0. The van der Waals surface area contributed by atoms with E-state index in [2.05, 4.69) is 20.3 Å². The number of rotatable bonds is 8. The molecule has 4 aromatic rings. The molecule has 4 rings (SSSR count). The van der Waals surface area contributed by atoms with Crippen molar-refractivity contribution in [2.45, 2.75) is 30.9 Å². The molecule has 1 N–H and O–H groups in total. The monoisotopic (exact) mass is 481 g/mol. The molecule has 6 nitrogen and oxygen atoms in total. The third-order valence-corrected chi connectivity index (χ3v) is 6.03. The molecule has 0 radical (unpaired) electrons. The van der Waals surface area contributed by atoms with Crippen LogP contribution in [-0.4, -0.2) is 22.7 Å².